The van der Waals surface area contributed by atoms with Crippen molar-refractivity contribution in [2.75, 3.05) is 0 Å². The van der Waals surface area contributed by atoms with E-state index in [1.807, 2.05) is 18.2 Å². The Morgan fingerprint density at radius 2 is 1.90 bits per heavy atom. The number of hydrogen-bond donors (Lipinski definition) is 1. The molecule has 1 N–H and O–H groups in total. The van der Waals surface area contributed by atoms with E-state index in [1.165, 1.54) is 12.4 Å². The third-order valence-corrected chi connectivity index (χ3v) is 2.66. The average molecular weight is 267 g/mol. The average Bonchev–Trinajstić information content (AvgIpc) is 2.48. The van der Waals surface area contributed by atoms with Crippen LogP contribution < -0.4 is 4.74 Å². The summed E-state index contributed by atoms with van der Waals surface area (Å²) in [5, 5.41) is 9.76. The van der Waals surface area contributed by atoms with Gasteiger partial charge in [-0.05, 0) is 18.2 Å². The number of pyridine rings is 1. The molecule has 0 bridgehead atoms. The first kappa shape index (κ1) is 12.0. The molecular weight excluding hydrogens is 258 g/mol. The molecule has 0 fully saturated rings. The smallest absolute Gasteiger partial charge is 0.338 e. The SMILES string of the molecule is O=C(O)c1cnc(Oc2ccc3cccnc3c2)nc1. The number of aromatic nitrogens is 3. The molecule has 2 heterocycles. The first-order valence-electron chi connectivity index (χ1n) is 5.80. The predicted octanol–water partition coefficient (Wildman–Crippen LogP) is 2.52. The molecule has 98 valence electrons. The van der Waals surface area contributed by atoms with Gasteiger partial charge in [0.1, 0.15) is 5.75 Å². The molecule has 3 aromatic rings. The van der Waals surface area contributed by atoms with E-state index in [9.17, 15) is 4.79 Å². The summed E-state index contributed by atoms with van der Waals surface area (Å²) >= 11 is 0. The molecule has 6 heteroatoms. The molecule has 0 aliphatic carbocycles. The van der Waals surface area contributed by atoms with Crippen LogP contribution in [0.2, 0.25) is 0 Å². The summed E-state index contributed by atoms with van der Waals surface area (Å²) in [5.74, 6) is -0.536. The van der Waals surface area contributed by atoms with Crippen molar-refractivity contribution in [3.63, 3.8) is 0 Å². The number of carboxylic acids is 1. The minimum atomic E-state index is -1.08. The zero-order valence-corrected chi connectivity index (χ0v) is 10.2. The number of carboxylic acid groups (broad SMARTS) is 1. The highest BCUT2D eigenvalue weighted by Crippen LogP contribution is 2.22. The van der Waals surface area contributed by atoms with E-state index in [2.05, 4.69) is 15.0 Å². The van der Waals surface area contributed by atoms with Crippen LogP contribution in [0.1, 0.15) is 10.4 Å². The number of benzene rings is 1. The molecule has 6 nitrogen and oxygen atoms in total. The van der Waals surface area contributed by atoms with Crippen molar-refractivity contribution in [2.24, 2.45) is 0 Å². The quantitative estimate of drug-likeness (QED) is 0.784. The fourth-order valence-electron chi connectivity index (χ4n) is 1.69. The van der Waals surface area contributed by atoms with E-state index in [0.717, 1.165) is 10.9 Å². The summed E-state index contributed by atoms with van der Waals surface area (Å²) in [6.07, 6.45) is 4.10. The highest BCUT2D eigenvalue weighted by Gasteiger charge is 2.06. The molecule has 3 rings (SSSR count). The van der Waals surface area contributed by atoms with E-state index in [4.69, 9.17) is 9.84 Å². The number of hydrogen-bond acceptors (Lipinski definition) is 5. The minimum Gasteiger partial charge on any atom is -0.478 e. The van der Waals surface area contributed by atoms with Gasteiger partial charge in [-0.15, -0.1) is 0 Å². The van der Waals surface area contributed by atoms with E-state index < -0.39 is 5.97 Å². The second-order valence-electron chi connectivity index (χ2n) is 4.02. The minimum absolute atomic E-state index is 0.0116. The Bertz CT molecular complexity index is 772. The molecular formula is C14H9N3O3. The van der Waals surface area contributed by atoms with E-state index >= 15 is 0 Å². The highest BCUT2D eigenvalue weighted by atomic mass is 16.5. The van der Waals surface area contributed by atoms with E-state index in [-0.39, 0.29) is 11.6 Å². The van der Waals surface area contributed by atoms with Crippen molar-refractivity contribution in [1.29, 1.82) is 0 Å². The van der Waals surface area contributed by atoms with Crippen LogP contribution in [0.5, 0.6) is 11.8 Å². The lowest BCUT2D eigenvalue weighted by Crippen LogP contribution is -1.99. The van der Waals surface area contributed by atoms with Gasteiger partial charge in [0.15, 0.2) is 0 Å². The molecule has 0 aliphatic rings. The predicted molar refractivity (Wildman–Crippen MR) is 70.8 cm³/mol. The highest BCUT2D eigenvalue weighted by molar-refractivity contribution is 5.86. The van der Waals surface area contributed by atoms with Gasteiger partial charge in [0.05, 0.1) is 11.1 Å². The van der Waals surface area contributed by atoms with Gasteiger partial charge in [-0.2, -0.15) is 0 Å². The summed E-state index contributed by atoms with van der Waals surface area (Å²) < 4.78 is 5.47. The topological polar surface area (TPSA) is 85.2 Å². The van der Waals surface area contributed by atoms with Crippen LogP contribution in [0.3, 0.4) is 0 Å². The number of ether oxygens (including phenoxy) is 1. The number of aromatic carboxylic acids is 1. The first-order valence-corrected chi connectivity index (χ1v) is 5.80. The van der Waals surface area contributed by atoms with Gasteiger partial charge in [0, 0.05) is 30.0 Å². The summed E-state index contributed by atoms with van der Waals surface area (Å²) in [5.41, 5.74) is 0.810. The molecule has 0 atom stereocenters. The Morgan fingerprint density at radius 3 is 2.65 bits per heavy atom. The standard InChI is InChI=1S/C14H9N3O3/c18-13(19)10-7-16-14(17-8-10)20-11-4-3-9-2-1-5-15-12(9)6-11/h1-8H,(H,18,19). The summed E-state index contributed by atoms with van der Waals surface area (Å²) in [7, 11) is 0. The van der Waals surface area contributed by atoms with Gasteiger partial charge in [0.2, 0.25) is 0 Å². The fraction of sp³-hybridized carbons (Fsp3) is 0. The van der Waals surface area contributed by atoms with E-state index in [1.54, 1.807) is 18.3 Å². The third-order valence-electron chi connectivity index (χ3n) is 2.66. The molecule has 0 radical (unpaired) electrons. The van der Waals surface area contributed by atoms with Gasteiger partial charge in [0.25, 0.3) is 0 Å². The molecule has 0 amide bonds. The number of nitrogens with zero attached hydrogens (tertiary/aromatic N) is 3. The number of rotatable bonds is 3. The maximum Gasteiger partial charge on any atom is 0.338 e. The van der Waals surface area contributed by atoms with Crippen LogP contribution in [0.4, 0.5) is 0 Å². The van der Waals surface area contributed by atoms with Gasteiger partial charge in [-0.25, -0.2) is 14.8 Å². The number of carbonyl (C=O) groups is 1. The second kappa shape index (κ2) is 4.93. The van der Waals surface area contributed by atoms with Crippen LogP contribution >= 0.6 is 0 Å². The fourth-order valence-corrected chi connectivity index (χ4v) is 1.69. The van der Waals surface area contributed by atoms with Crippen molar-refractivity contribution in [3.05, 3.63) is 54.5 Å². The second-order valence-corrected chi connectivity index (χ2v) is 4.02. The van der Waals surface area contributed by atoms with Gasteiger partial charge in [-0.3, -0.25) is 4.98 Å². The lowest BCUT2D eigenvalue weighted by Gasteiger charge is -2.04. The van der Waals surface area contributed by atoms with Crippen molar-refractivity contribution in [2.45, 2.75) is 0 Å². The molecule has 2 aromatic heterocycles. The van der Waals surface area contributed by atoms with Gasteiger partial charge < -0.3 is 9.84 Å². The summed E-state index contributed by atoms with van der Waals surface area (Å²) in [6.45, 7) is 0. The van der Waals surface area contributed by atoms with Crippen molar-refractivity contribution in [3.8, 4) is 11.8 Å². The van der Waals surface area contributed by atoms with E-state index in [0.29, 0.717) is 5.75 Å². The molecule has 0 saturated carbocycles. The molecule has 0 saturated heterocycles. The maximum atomic E-state index is 10.7. The normalized spacial score (nSPS) is 10.4. The monoisotopic (exact) mass is 267 g/mol. The Labute approximate surface area is 113 Å². The summed E-state index contributed by atoms with van der Waals surface area (Å²) in [6, 6.07) is 9.32. The van der Waals surface area contributed by atoms with Crippen LogP contribution in [-0.2, 0) is 0 Å². The number of fused-ring (bicyclic) bond motifs is 1. The van der Waals surface area contributed by atoms with Crippen LogP contribution in [0, 0.1) is 0 Å². The Kier molecular flexibility index (Phi) is 2.96. The largest absolute Gasteiger partial charge is 0.478 e. The van der Waals surface area contributed by atoms with Gasteiger partial charge >= 0.3 is 12.0 Å². The van der Waals surface area contributed by atoms with Crippen LogP contribution in [0.15, 0.2) is 48.9 Å². The van der Waals surface area contributed by atoms with Crippen molar-refractivity contribution >= 4 is 16.9 Å². The van der Waals surface area contributed by atoms with Crippen LogP contribution in [-0.4, -0.2) is 26.0 Å². The van der Waals surface area contributed by atoms with Crippen LogP contribution in [0.25, 0.3) is 10.9 Å². The van der Waals surface area contributed by atoms with Gasteiger partial charge in [-0.1, -0.05) is 6.07 Å². The zero-order chi connectivity index (χ0) is 13.9. The summed E-state index contributed by atoms with van der Waals surface area (Å²) in [4.78, 5) is 22.6. The Hall–Kier alpha value is -3.02. The maximum absolute atomic E-state index is 10.7. The first-order chi connectivity index (χ1) is 9.72. The lowest BCUT2D eigenvalue weighted by molar-refractivity contribution is 0.0696. The molecule has 0 aliphatic heterocycles. The Morgan fingerprint density at radius 1 is 1.10 bits per heavy atom. The molecule has 20 heavy (non-hydrogen) atoms. The van der Waals surface area contributed by atoms with Crippen molar-refractivity contribution in [1.82, 2.24) is 15.0 Å². The lowest BCUT2D eigenvalue weighted by atomic mass is 10.2. The Balaban J connectivity index is 1.87. The molecule has 0 unspecified atom stereocenters. The zero-order valence-electron chi connectivity index (χ0n) is 10.2. The molecule has 0 spiro atoms. The van der Waals surface area contributed by atoms with Crippen molar-refractivity contribution < 1.29 is 14.6 Å². The molecule has 1 aromatic carbocycles. The third kappa shape index (κ3) is 2.39.